The highest BCUT2D eigenvalue weighted by Gasteiger charge is 2.33. The van der Waals surface area contributed by atoms with Crippen molar-refractivity contribution in [1.82, 2.24) is 5.32 Å². The fraction of sp³-hybridized carbons (Fsp3) is 0.529. The summed E-state index contributed by atoms with van der Waals surface area (Å²) in [5, 5.41) is 2.74. The molecule has 3 N–H and O–H groups in total. The van der Waals surface area contributed by atoms with Gasteiger partial charge < -0.3 is 11.1 Å². The summed E-state index contributed by atoms with van der Waals surface area (Å²) in [5.41, 5.74) is 5.45. The van der Waals surface area contributed by atoms with Gasteiger partial charge in [-0.15, -0.1) is 0 Å². The first-order chi connectivity index (χ1) is 10.3. The van der Waals surface area contributed by atoms with Gasteiger partial charge in [-0.1, -0.05) is 20.3 Å². The Balaban J connectivity index is 1.95. The van der Waals surface area contributed by atoms with Crippen molar-refractivity contribution in [3.8, 4) is 0 Å². The Bertz CT molecular complexity index is 584. The van der Waals surface area contributed by atoms with Crippen molar-refractivity contribution in [2.24, 2.45) is 17.1 Å². The molecule has 1 saturated carbocycles. The number of carbonyl (C=O) groups excluding carboxylic acids is 2. The second kappa shape index (κ2) is 6.46. The third-order valence-electron chi connectivity index (χ3n) is 4.75. The molecule has 1 aliphatic carbocycles. The Morgan fingerprint density at radius 2 is 2.14 bits per heavy atom. The lowest BCUT2D eigenvalue weighted by Gasteiger charge is -2.27. The number of nitrogens with one attached hydrogen (secondary N) is 1. The van der Waals surface area contributed by atoms with Crippen LogP contribution in [0, 0.1) is 17.2 Å². The first-order valence-electron chi connectivity index (χ1n) is 7.69. The van der Waals surface area contributed by atoms with Crippen LogP contribution in [0.2, 0.25) is 0 Å². The molecule has 0 aliphatic heterocycles. The lowest BCUT2D eigenvalue weighted by Crippen LogP contribution is -2.29. The number of hydrogen-bond acceptors (Lipinski definition) is 2. The lowest BCUT2D eigenvalue weighted by molar-refractivity contribution is 0.0943. The number of nitrogens with two attached hydrogens (primary N) is 1. The van der Waals surface area contributed by atoms with Gasteiger partial charge in [0, 0.05) is 12.1 Å². The second-order valence-electron chi connectivity index (χ2n) is 6.68. The van der Waals surface area contributed by atoms with Crippen molar-refractivity contribution in [1.29, 1.82) is 0 Å². The Hall–Kier alpha value is -1.91. The minimum absolute atomic E-state index is 0.128. The van der Waals surface area contributed by atoms with Crippen LogP contribution in [0.4, 0.5) is 4.39 Å². The summed E-state index contributed by atoms with van der Waals surface area (Å²) in [6.45, 7) is 5.01. The maximum Gasteiger partial charge on any atom is 0.254 e. The molecule has 0 radical (unpaired) electrons. The predicted octanol–water partition coefficient (Wildman–Crippen LogP) is 2.87. The van der Waals surface area contributed by atoms with Crippen LogP contribution in [-0.4, -0.2) is 18.4 Å². The van der Waals surface area contributed by atoms with Crippen LogP contribution in [-0.2, 0) is 0 Å². The van der Waals surface area contributed by atoms with E-state index in [1.54, 1.807) is 0 Å². The minimum atomic E-state index is -0.679. The summed E-state index contributed by atoms with van der Waals surface area (Å²) in [6.07, 6.45) is 4.49. The minimum Gasteiger partial charge on any atom is -0.366 e. The number of amides is 2. The third kappa shape index (κ3) is 3.64. The molecule has 0 saturated heterocycles. The van der Waals surface area contributed by atoms with Gasteiger partial charge in [-0.2, -0.15) is 0 Å². The lowest BCUT2D eigenvalue weighted by atomic mass is 9.80. The molecule has 0 aromatic heterocycles. The van der Waals surface area contributed by atoms with Crippen LogP contribution < -0.4 is 11.1 Å². The Labute approximate surface area is 130 Å². The summed E-state index contributed by atoms with van der Waals surface area (Å²) in [6, 6.07) is 3.57. The normalized spacial score (nSPS) is 19.9. The van der Waals surface area contributed by atoms with Crippen LogP contribution >= 0.6 is 0 Å². The van der Waals surface area contributed by atoms with E-state index < -0.39 is 17.6 Å². The summed E-state index contributed by atoms with van der Waals surface area (Å²) < 4.78 is 13.7. The average molecular weight is 306 g/mol. The molecule has 1 aromatic rings. The molecule has 120 valence electrons. The summed E-state index contributed by atoms with van der Waals surface area (Å²) in [5.74, 6) is -1.25. The van der Waals surface area contributed by atoms with Gasteiger partial charge in [-0.05, 0) is 48.8 Å². The molecule has 1 atom stereocenters. The van der Waals surface area contributed by atoms with Crippen molar-refractivity contribution in [2.45, 2.75) is 39.5 Å². The number of rotatable bonds is 5. The SMILES string of the molecule is CC1(C)CCCC1CCNC(=O)c1cc(C(N)=O)ccc1F. The van der Waals surface area contributed by atoms with Crippen molar-refractivity contribution >= 4 is 11.8 Å². The van der Waals surface area contributed by atoms with Gasteiger partial charge in [0.25, 0.3) is 5.91 Å². The molecule has 5 heteroatoms. The summed E-state index contributed by atoms with van der Waals surface area (Å²) in [7, 11) is 0. The standard InChI is InChI=1S/C17H23FN2O2/c1-17(2)8-3-4-12(17)7-9-20-16(22)13-10-11(15(19)21)5-6-14(13)18/h5-6,10,12H,3-4,7-9H2,1-2H3,(H2,19,21)(H,20,22). The van der Waals surface area contributed by atoms with E-state index in [4.69, 9.17) is 5.73 Å². The molecular weight excluding hydrogens is 283 g/mol. The maximum atomic E-state index is 13.7. The van der Waals surface area contributed by atoms with E-state index >= 15 is 0 Å². The zero-order valence-electron chi connectivity index (χ0n) is 13.1. The molecule has 22 heavy (non-hydrogen) atoms. The highest BCUT2D eigenvalue weighted by atomic mass is 19.1. The molecule has 0 bridgehead atoms. The number of hydrogen-bond donors (Lipinski definition) is 2. The van der Waals surface area contributed by atoms with E-state index in [2.05, 4.69) is 19.2 Å². The first-order valence-corrected chi connectivity index (χ1v) is 7.69. The van der Waals surface area contributed by atoms with E-state index in [1.165, 1.54) is 31.4 Å². The molecule has 1 unspecified atom stereocenters. The first kappa shape index (κ1) is 16.5. The molecule has 2 rings (SSSR count). The van der Waals surface area contributed by atoms with Gasteiger partial charge >= 0.3 is 0 Å². The zero-order valence-corrected chi connectivity index (χ0v) is 13.1. The predicted molar refractivity (Wildman–Crippen MR) is 83.0 cm³/mol. The van der Waals surface area contributed by atoms with Gasteiger partial charge in [0.15, 0.2) is 0 Å². The zero-order chi connectivity index (χ0) is 16.3. The largest absolute Gasteiger partial charge is 0.366 e. The molecule has 1 aromatic carbocycles. The number of benzene rings is 1. The summed E-state index contributed by atoms with van der Waals surface area (Å²) >= 11 is 0. The van der Waals surface area contributed by atoms with Crippen LogP contribution in [0.25, 0.3) is 0 Å². The van der Waals surface area contributed by atoms with Gasteiger partial charge in [-0.3, -0.25) is 9.59 Å². The topological polar surface area (TPSA) is 72.2 Å². The second-order valence-corrected chi connectivity index (χ2v) is 6.68. The van der Waals surface area contributed by atoms with Crippen LogP contribution in [0.3, 0.4) is 0 Å². The van der Waals surface area contributed by atoms with E-state index in [0.717, 1.165) is 12.5 Å². The number of halogens is 1. The van der Waals surface area contributed by atoms with Crippen LogP contribution in [0.15, 0.2) is 18.2 Å². The molecule has 0 spiro atoms. The smallest absolute Gasteiger partial charge is 0.254 e. The van der Waals surface area contributed by atoms with Crippen LogP contribution in [0.1, 0.15) is 60.2 Å². The quantitative estimate of drug-likeness (QED) is 0.878. The van der Waals surface area contributed by atoms with Gasteiger partial charge in [0.2, 0.25) is 5.91 Å². The Morgan fingerprint density at radius 1 is 1.41 bits per heavy atom. The highest BCUT2D eigenvalue weighted by Crippen LogP contribution is 2.44. The number of primary amides is 1. The molecule has 1 fully saturated rings. The van der Waals surface area contributed by atoms with E-state index in [-0.39, 0.29) is 11.1 Å². The Kier molecular flexibility index (Phi) is 4.84. The van der Waals surface area contributed by atoms with Crippen LogP contribution in [0.5, 0.6) is 0 Å². The van der Waals surface area contributed by atoms with Crippen molar-refractivity contribution in [3.05, 3.63) is 35.1 Å². The summed E-state index contributed by atoms with van der Waals surface area (Å²) in [4.78, 5) is 23.2. The fourth-order valence-corrected chi connectivity index (χ4v) is 3.24. The maximum absolute atomic E-state index is 13.7. The molecule has 0 heterocycles. The highest BCUT2D eigenvalue weighted by molar-refractivity contribution is 5.99. The molecule has 2 amide bonds. The third-order valence-corrected chi connectivity index (χ3v) is 4.75. The molecule has 4 nitrogen and oxygen atoms in total. The fourth-order valence-electron chi connectivity index (χ4n) is 3.24. The van der Waals surface area contributed by atoms with E-state index in [0.29, 0.717) is 17.9 Å². The van der Waals surface area contributed by atoms with E-state index in [1.807, 2.05) is 0 Å². The van der Waals surface area contributed by atoms with Crippen molar-refractivity contribution < 1.29 is 14.0 Å². The van der Waals surface area contributed by atoms with Crippen molar-refractivity contribution in [2.75, 3.05) is 6.54 Å². The van der Waals surface area contributed by atoms with Crippen molar-refractivity contribution in [3.63, 3.8) is 0 Å². The molecular formula is C17H23FN2O2. The van der Waals surface area contributed by atoms with Gasteiger partial charge in [0.05, 0.1) is 5.56 Å². The van der Waals surface area contributed by atoms with E-state index in [9.17, 15) is 14.0 Å². The van der Waals surface area contributed by atoms with Gasteiger partial charge in [0.1, 0.15) is 5.82 Å². The van der Waals surface area contributed by atoms with Gasteiger partial charge in [-0.25, -0.2) is 4.39 Å². The average Bonchev–Trinajstić information content (AvgIpc) is 2.78. The molecule has 1 aliphatic rings. The number of carbonyl (C=O) groups is 2. The Morgan fingerprint density at radius 3 is 2.73 bits per heavy atom. The monoisotopic (exact) mass is 306 g/mol.